The van der Waals surface area contributed by atoms with E-state index in [-0.39, 0.29) is 4.90 Å². The highest BCUT2D eigenvalue weighted by Crippen LogP contribution is 2.21. The number of primary sulfonamides is 1. The van der Waals surface area contributed by atoms with Gasteiger partial charge in [0.1, 0.15) is 0 Å². The van der Waals surface area contributed by atoms with Crippen molar-refractivity contribution >= 4 is 21.4 Å². The fourth-order valence-corrected chi connectivity index (χ4v) is 3.18. The molecular weight excluding hydrogens is 276 g/mol. The minimum atomic E-state index is -3.73. The maximum Gasteiger partial charge on any atom is 0.238 e. The van der Waals surface area contributed by atoms with E-state index in [9.17, 15) is 8.42 Å². The number of likely N-dealkylation sites (tertiary alicyclic amines) is 1. The van der Waals surface area contributed by atoms with E-state index in [0.717, 1.165) is 19.6 Å². The molecule has 0 aromatic heterocycles. The highest BCUT2D eigenvalue weighted by Gasteiger charge is 2.17. The molecule has 1 aromatic rings. The Kier molecular flexibility index (Phi) is 4.52. The molecule has 5 N–H and O–H groups in total. The summed E-state index contributed by atoms with van der Waals surface area (Å²) in [7, 11) is -1.61. The van der Waals surface area contributed by atoms with Crippen LogP contribution in [-0.2, 0) is 10.0 Å². The SMILES string of the molecule is CN1CCCC(CNc2cc(N)cc(S(N)(=O)=O)c2)C1. The Balaban J connectivity index is 2.04. The van der Waals surface area contributed by atoms with Crippen molar-refractivity contribution in [3.05, 3.63) is 18.2 Å². The van der Waals surface area contributed by atoms with Crippen LogP contribution in [0.15, 0.2) is 23.1 Å². The summed E-state index contributed by atoms with van der Waals surface area (Å²) in [5, 5.41) is 8.40. The number of nitrogens with two attached hydrogens (primary N) is 2. The Hall–Kier alpha value is -1.31. The van der Waals surface area contributed by atoms with Gasteiger partial charge in [0.2, 0.25) is 10.0 Å². The smallest absolute Gasteiger partial charge is 0.238 e. The van der Waals surface area contributed by atoms with Crippen LogP contribution in [0.5, 0.6) is 0 Å². The Morgan fingerprint density at radius 3 is 2.80 bits per heavy atom. The largest absolute Gasteiger partial charge is 0.399 e. The number of hydrogen-bond donors (Lipinski definition) is 3. The van der Waals surface area contributed by atoms with Gasteiger partial charge in [-0.05, 0) is 50.6 Å². The van der Waals surface area contributed by atoms with Crippen LogP contribution in [0.25, 0.3) is 0 Å². The highest BCUT2D eigenvalue weighted by molar-refractivity contribution is 7.89. The molecule has 20 heavy (non-hydrogen) atoms. The second-order valence-corrected chi connectivity index (χ2v) is 7.05. The summed E-state index contributed by atoms with van der Waals surface area (Å²) in [5.41, 5.74) is 6.80. The van der Waals surface area contributed by atoms with E-state index in [1.54, 1.807) is 6.07 Å². The van der Waals surface area contributed by atoms with Crippen LogP contribution < -0.4 is 16.2 Å². The van der Waals surface area contributed by atoms with E-state index in [4.69, 9.17) is 10.9 Å². The maximum absolute atomic E-state index is 11.4. The maximum atomic E-state index is 11.4. The van der Waals surface area contributed by atoms with Crippen molar-refractivity contribution in [1.29, 1.82) is 0 Å². The number of nitrogens with zero attached hydrogens (tertiary/aromatic N) is 1. The zero-order chi connectivity index (χ0) is 14.8. The van der Waals surface area contributed by atoms with E-state index in [2.05, 4.69) is 17.3 Å². The molecule has 1 saturated heterocycles. The molecule has 112 valence electrons. The fourth-order valence-electron chi connectivity index (χ4n) is 2.59. The van der Waals surface area contributed by atoms with E-state index in [0.29, 0.717) is 17.3 Å². The minimum absolute atomic E-state index is 0.0424. The first kappa shape index (κ1) is 15.1. The number of sulfonamides is 1. The van der Waals surface area contributed by atoms with Gasteiger partial charge in [-0.2, -0.15) is 0 Å². The van der Waals surface area contributed by atoms with E-state index in [1.165, 1.54) is 25.0 Å². The van der Waals surface area contributed by atoms with Crippen molar-refractivity contribution in [3.8, 4) is 0 Å². The summed E-state index contributed by atoms with van der Waals surface area (Å²) >= 11 is 0. The molecule has 1 unspecified atom stereocenters. The van der Waals surface area contributed by atoms with Crippen LogP contribution >= 0.6 is 0 Å². The lowest BCUT2D eigenvalue weighted by Gasteiger charge is -2.30. The molecule has 0 aliphatic carbocycles. The van der Waals surface area contributed by atoms with Gasteiger partial charge in [-0.25, -0.2) is 13.6 Å². The van der Waals surface area contributed by atoms with Crippen molar-refractivity contribution in [3.63, 3.8) is 0 Å². The van der Waals surface area contributed by atoms with Gasteiger partial charge < -0.3 is 16.0 Å². The summed E-state index contributed by atoms with van der Waals surface area (Å²) in [6.45, 7) is 3.00. The zero-order valence-corrected chi connectivity index (χ0v) is 12.5. The summed E-state index contributed by atoms with van der Waals surface area (Å²) in [4.78, 5) is 2.35. The first-order chi connectivity index (χ1) is 9.34. The second kappa shape index (κ2) is 5.99. The fraction of sp³-hybridized carbons (Fsp3) is 0.538. The Morgan fingerprint density at radius 2 is 2.15 bits per heavy atom. The molecule has 1 atom stereocenters. The number of piperidine rings is 1. The van der Waals surface area contributed by atoms with Crippen LogP contribution in [0.3, 0.4) is 0 Å². The van der Waals surface area contributed by atoms with Gasteiger partial charge in [0.25, 0.3) is 0 Å². The molecule has 0 spiro atoms. The van der Waals surface area contributed by atoms with Gasteiger partial charge in [-0.3, -0.25) is 0 Å². The molecule has 1 heterocycles. The van der Waals surface area contributed by atoms with Crippen LogP contribution in [0.4, 0.5) is 11.4 Å². The molecule has 1 aliphatic rings. The molecule has 1 aliphatic heterocycles. The molecular formula is C13H22N4O2S. The monoisotopic (exact) mass is 298 g/mol. The van der Waals surface area contributed by atoms with Crippen LogP contribution in [0.1, 0.15) is 12.8 Å². The lowest BCUT2D eigenvalue weighted by Crippen LogP contribution is -2.35. The number of anilines is 2. The number of rotatable bonds is 4. The van der Waals surface area contributed by atoms with E-state index >= 15 is 0 Å². The number of nitrogens with one attached hydrogen (secondary N) is 1. The average Bonchev–Trinajstić information content (AvgIpc) is 2.35. The summed E-state index contributed by atoms with van der Waals surface area (Å²) in [6, 6.07) is 4.62. The van der Waals surface area contributed by atoms with Crippen molar-refractivity contribution in [2.45, 2.75) is 17.7 Å². The van der Waals surface area contributed by atoms with Gasteiger partial charge in [0, 0.05) is 24.5 Å². The van der Waals surface area contributed by atoms with Gasteiger partial charge in [-0.1, -0.05) is 0 Å². The molecule has 0 bridgehead atoms. The van der Waals surface area contributed by atoms with Crippen molar-refractivity contribution in [1.82, 2.24) is 4.90 Å². The topological polar surface area (TPSA) is 101 Å². The van der Waals surface area contributed by atoms with Gasteiger partial charge in [0.05, 0.1) is 4.90 Å². The Bertz CT molecular complexity index is 574. The molecule has 1 fully saturated rings. The average molecular weight is 298 g/mol. The predicted molar refractivity (Wildman–Crippen MR) is 80.9 cm³/mol. The summed E-state index contributed by atoms with van der Waals surface area (Å²) in [5.74, 6) is 0.563. The molecule has 2 rings (SSSR count). The van der Waals surface area contributed by atoms with E-state index < -0.39 is 10.0 Å². The van der Waals surface area contributed by atoms with Crippen molar-refractivity contribution in [2.24, 2.45) is 11.1 Å². The Labute approximate surface area is 120 Å². The molecule has 0 saturated carbocycles. The molecule has 0 amide bonds. The Morgan fingerprint density at radius 1 is 1.40 bits per heavy atom. The lowest BCUT2D eigenvalue weighted by atomic mass is 9.98. The first-order valence-electron chi connectivity index (χ1n) is 6.70. The second-order valence-electron chi connectivity index (χ2n) is 5.49. The normalized spacial score (nSPS) is 20.8. The summed E-state index contributed by atoms with van der Waals surface area (Å²) < 4.78 is 22.7. The lowest BCUT2D eigenvalue weighted by molar-refractivity contribution is 0.217. The van der Waals surface area contributed by atoms with Gasteiger partial charge >= 0.3 is 0 Å². The quantitative estimate of drug-likeness (QED) is 0.709. The number of nitrogen functional groups attached to an aromatic ring is 1. The van der Waals surface area contributed by atoms with Crippen LogP contribution in [0.2, 0.25) is 0 Å². The number of hydrogen-bond acceptors (Lipinski definition) is 5. The zero-order valence-electron chi connectivity index (χ0n) is 11.7. The van der Waals surface area contributed by atoms with Gasteiger partial charge in [0.15, 0.2) is 0 Å². The van der Waals surface area contributed by atoms with Gasteiger partial charge in [-0.15, -0.1) is 0 Å². The predicted octanol–water partition coefficient (Wildman–Crippen LogP) is 0.670. The van der Waals surface area contributed by atoms with Crippen molar-refractivity contribution < 1.29 is 8.42 Å². The molecule has 7 heteroatoms. The molecule has 0 radical (unpaired) electrons. The van der Waals surface area contributed by atoms with Crippen LogP contribution in [-0.4, -0.2) is 40.0 Å². The molecule has 1 aromatic carbocycles. The third kappa shape index (κ3) is 4.09. The third-order valence-corrected chi connectivity index (χ3v) is 4.47. The van der Waals surface area contributed by atoms with Crippen LogP contribution in [0, 0.1) is 5.92 Å². The third-order valence-electron chi connectivity index (χ3n) is 3.57. The summed E-state index contributed by atoms with van der Waals surface area (Å²) in [6.07, 6.45) is 2.38. The van der Waals surface area contributed by atoms with Crippen molar-refractivity contribution in [2.75, 3.05) is 37.7 Å². The first-order valence-corrected chi connectivity index (χ1v) is 8.25. The minimum Gasteiger partial charge on any atom is -0.399 e. The highest BCUT2D eigenvalue weighted by atomic mass is 32.2. The standard InChI is InChI=1S/C13H22N4O2S/c1-17-4-2-3-10(9-17)8-16-12-5-11(14)6-13(7-12)20(15,18)19/h5-7,10,16H,2-4,8-9,14H2,1H3,(H2,15,18,19). The number of benzene rings is 1. The molecule has 6 nitrogen and oxygen atoms in total. The van der Waals surface area contributed by atoms with E-state index in [1.807, 2.05) is 0 Å².